The smallest absolute Gasteiger partial charge is 0.306 e. The molecular formula is C27H30O2. The summed E-state index contributed by atoms with van der Waals surface area (Å²) in [6.45, 7) is 6.74. The summed E-state index contributed by atoms with van der Waals surface area (Å²) in [5.74, 6) is 3.59. The fourth-order valence-corrected chi connectivity index (χ4v) is 6.14. The number of hydrogen-bond donors (Lipinski definition) is 0. The van der Waals surface area contributed by atoms with Crippen LogP contribution in [0.5, 0.6) is 0 Å². The summed E-state index contributed by atoms with van der Waals surface area (Å²) >= 11 is 0. The molecule has 2 aliphatic rings. The van der Waals surface area contributed by atoms with E-state index in [4.69, 9.17) is 4.74 Å². The predicted octanol–water partition coefficient (Wildman–Crippen LogP) is 6.92. The molecule has 0 saturated heterocycles. The van der Waals surface area contributed by atoms with E-state index in [2.05, 4.69) is 68.4 Å². The van der Waals surface area contributed by atoms with Crippen LogP contribution in [0.2, 0.25) is 0 Å². The largest absolute Gasteiger partial charge is 0.458 e. The van der Waals surface area contributed by atoms with Gasteiger partial charge in [0, 0.05) is 6.42 Å². The highest BCUT2D eigenvalue weighted by molar-refractivity contribution is 6.07. The van der Waals surface area contributed by atoms with Crippen LogP contribution in [0.3, 0.4) is 0 Å². The molecule has 2 heteroatoms. The van der Waals surface area contributed by atoms with Crippen LogP contribution in [0.1, 0.15) is 51.7 Å². The van der Waals surface area contributed by atoms with E-state index >= 15 is 0 Å². The average molecular weight is 387 g/mol. The number of benzene rings is 3. The Kier molecular flexibility index (Phi) is 4.61. The molecule has 6 atom stereocenters. The minimum atomic E-state index is -0.215. The molecule has 3 aromatic carbocycles. The van der Waals surface area contributed by atoms with Crippen molar-refractivity contribution in [2.24, 2.45) is 29.6 Å². The van der Waals surface area contributed by atoms with Crippen LogP contribution < -0.4 is 0 Å². The topological polar surface area (TPSA) is 26.3 Å². The van der Waals surface area contributed by atoms with Gasteiger partial charge in [-0.2, -0.15) is 0 Å². The highest BCUT2D eigenvalue weighted by Crippen LogP contribution is 2.55. The van der Waals surface area contributed by atoms with Crippen molar-refractivity contribution in [1.82, 2.24) is 0 Å². The molecule has 2 saturated carbocycles. The van der Waals surface area contributed by atoms with Gasteiger partial charge in [0.25, 0.3) is 0 Å². The Hall–Kier alpha value is -2.35. The van der Waals surface area contributed by atoms with Gasteiger partial charge in [-0.05, 0) is 82.5 Å². The van der Waals surface area contributed by atoms with Crippen LogP contribution in [0.4, 0.5) is 0 Å². The van der Waals surface area contributed by atoms with Crippen LogP contribution in [0.15, 0.2) is 54.6 Å². The minimum absolute atomic E-state index is 0.0338. The van der Waals surface area contributed by atoms with Crippen molar-refractivity contribution in [3.8, 4) is 0 Å². The van der Waals surface area contributed by atoms with Gasteiger partial charge < -0.3 is 4.74 Å². The summed E-state index contributed by atoms with van der Waals surface area (Å²) in [4.78, 5) is 12.7. The van der Waals surface area contributed by atoms with E-state index in [1.165, 1.54) is 34.4 Å². The van der Waals surface area contributed by atoms with Crippen LogP contribution >= 0.6 is 0 Å². The van der Waals surface area contributed by atoms with Crippen LogP contribution in [-0.2, 0) is 9.53 Å². The van der Waals surface area contributed by atoms with Gasteiger partial charge >= 0.3 is 5.97 Å². The maximum absolute atomic E-state index is 12.7. The van der Waals surface area contributed by atoms with E-state index in [-0.39, 0.29) is 12.1 Å². The lowest BCUT2D eigenvalue weighted by Gasteiger charge is -2.31. The van der Waals surface area contributed by atoms with Gasteiger partial charge in [-0.3, -0.25) is 4.79 Å². The van der Waals surface area contributed by atoms with Gasteiger partial charge in [-0.15, -0.1) is 0 Å². The van der Waals surface area contributed by atoms with E-state index in [1.807, 2.05) is 6.92 Å². The molecule has 0 spiro atoms. The summed E-state index contributed by atoms with van der Waals surface area (Å²) in [6.07, 6.45) is 2.89. The van der Waals surface area contributed by atoms with Gasteiger partial charge in [0.1, 0.15) is 6.10 Å². The number of esters is 1. The molecule has 2 bridgehead atoms. The van der Waals surface area contributed by atoms with Gasteiger partial charge in [0.2, 0.25) is 0 Å². The Labute approximate surface area is 173 Å². The maximum atomic E-state index is 12.7. The number of carbonyl (C=O) groups excluding carboxylic acids is 1. The predicted molar refractivity (Wildman–Crippen MR) is 119 cm³/mol. The lowest BCUT2D eigenvalue weighted by molar-refractivity contribution is -0.150. The average Bonchev–Trinajstić information content (AvgIpc) is 3.26. The number of carbonyl (C=O) groups is 1. The molecule has 150 valence electrons. The van der Waals surface area contributed by atoms with E-state index in [0.717, 1.165) is 23.3 Å². The molecule has 2 aliphatic carbocycles. The molecule has 0 amide bonds. The van der Waals surface area contributed by atoms with E-state index in [0.29, 0.717) is 18.3 Å². The Morgan fingerprint density at radius 1 is 0.966 bits per heavy atom. The zero-order valence-electron chi connectivity index (χ0n) is 17.6. The van der Waals surface area contributed by atoms with Gasteiger partial charge in [0.05, 0.1) is 0 Å². The summed E-state index contributed by atoms with van der Waals surface area (Å²) in [7, 11) is 0. The van der Waals surface area contributed by atoms with Crippen molar-refractivity contribution >= 4 is 27.5 Å². The van der Waals surface area contributed by atoms with Crippen molar-refractivity contribution in [3.05, 3.63) is 60.2 Å². The SMILES string of the molecule is CC(OC(=O)CC1CC2CC1C(C)C2C)c1ccc2c(ccc3ccccc32)c1. The second-order valence-corrected chi connectivity index (χ2v) is 9.48. The third kappa shape index (κ3) is 3.23. The molecule has 2 nitrogen and oxygen atoms in total. The molecule has 0 heterocycles. The normalized spacial score (nSPS) is 29.4. The zero-order valence-corrected chi connectivity index (χ0v) is 17.6. The van der Waals surface area contributed by atoms with Crippen molar-refractivity contribution in [2.75, 3.05) is 0 Å². The molecule has 6 unspecified atom stereocenters. The highest BCUT2D eigenvalue weighted by atomic mass is 16.5. The second kappa shape index (κ2) is 7.16. The summed E-state index contributed by atoms with van der Waals surface area (Å²) in [5, 5.41) is 4.96. The summed E-state index contributed by atoms with van der Waals surface area (Å²) in [6, 6.07) is 19.2. The van der Waals surface area contributed by atoms with E-state index in [1.54, 1.807) is 0 Å². The molecular weight excluding hydrogens is 356 g/mol. The second-order valence-electron chi connectivity index (χ2n) is 9.48. The minimum Gasteiger partial charge on any atom is -0.458 e. The lowest BCUT2D eigenvalue weighted by atomic mass is 9.74. The third-order valence-electron chi connectivity index (χ3n) is 8.01. The Balaban J connectivity index is 1.29. The lowest BCUT2D eigenvalue weighted by Crippen LogP contribution is -2.26. The fraction of sp³-hybridized carbons (Fsp3) is 0.444. The van der Waals surface area contributed by atoms with Gasteiger partial charge in [0.15, 0.2) is 0 Å². The van der Waals surface area contributed by atoms with E-state index < -0.39 is 0 Å². The van der Waals surface area contributed by atoms with Crippen LogP contribution in [0, 0.1) is 29.6 Å². The first-order valence-electron chi connectivity index (χ1n) is 11.1. The number of fused-ring (bicyclic) bond motifs is 5. The Morgan fingerprint density at radius 3 is 2.52 bits per heavy atom. The molecule has 5 rings (SSSR count). The molecule has 2 fully saturated rings. The first kappa shape index (κ1) is 18.7. The fourth-order valence-electron chi connectivity index (χ4n) is 6.14. The molecule has 0 radical (unpaired) electrons. The van der Waals surface area contributed by atoms with Crippen molar-refractivity contribution in [2.45, 2.75) is 46.1 Å². The molecule has 0 N–H and O–H groups in total. The third-order valence-corrected chi connectivity index (χ3v) is 8.01. The quantitative estimate of drug-likeness (QED) is 0.359. The van der Waals surface area contributed by atoms with E-state index in [9.17, 15) is 4.79 Å². The molecule has 0 aromatic heterocycles. The number of rotatable bonds is 4. The Bertz CT molecular complexity index is 1070. The van der Waals surface area contributed by atoms with Crippen molar-refractivity contribution < 1.29 is 9.53 Å². The first-order valence-corrected chi connectivity index (χ1v) is 11.1. The Morgan fingerprint density at radius 2 is 1.72 bits per heavy atom. The molecule has 29 heavy (non-hydrogen) atoms. The number of hydrogen-bond acceptors (Lipinski definition) is 2. The monoisotopic (exact) mass is 386 g/mol. The molecule has 0 aliphatic heterocycles. The van der Waals surface area contributed by atoms with Crippen LogP contribution in [0.25, 0.3) is 21.5 Å². The maximum Gasteiger partial charge on any atom is 0.306 e. The standard InChI is InChI=1S/C27H30O2/c1-16-17(2)26-14-22(16)13-23(26)15-27(28)29-18(3)20-10-11-25-21(12-20)9-8-19-6-4-5-7-24(19)25/h4-12,16-18,22-23,26H,13-15H2,1-3H3. The highest BCUT2D eigenvalue weighted by Gasteiger charge is 2.49. The zero-order chi connectivity index (χ0) is 20.1. The van der Waals surface area contributed by atoms with Crippen molar-refractivity contribution in [3.63, 3.8) is 0 Å². The van der Waals surface area contributed by atoms with Crippen LogP contribution in [-0.4, -0.2) is 5.97 Å². The first-order chi connectivity index (χ1) is 14.0. The molecule has 3 aromatic rings. The van der Waals surface area contributed by atoms with Crippen molar-refractivity contribution in [1.29, 1.82) is 0 Å². The summed E-state index contributed by atoms with van der Waals surface area (Å²) in [5.41, 5.74) is 1.07. The van der Waals surface area contributed by atoms with Gasteiger partial charge in [-0.25, -0.2) is 0 Å². The summed E-state index contributed by atoms with van der Waals surface area (Å²) < 4.78 is 5.87. The van der Waals surface area contributed by atoms with Gasteiger partial charge in [-0.1, -0.05) is 62.4 Å². The number of ether oxygens (including phenoxy) is 1.